The summed E-state index contributed by atoms with van der Waals surface area (Å²) in [6.45, 7) is -0.176. The summed E-state index contributed by atoms with van der Waals surface area (Å²) in [5.74, 6) is -1.16. The molecular weight excluding hydrogens is 327 g/mol. The van der Waals surface area contributed by atoms with Crippen LogP contribution >= 0.6 is 11.6 Å². The molecule has 1 amide bonds. The van der Waals surface area contributed by atoms with Crippen molar-refractivity contribution in [3.63, 3.8) is 0 Å². The average Bonchev–Trinajstić information content (AvgIpc) is 2.52. The van der Waals surface area contributed by atoms with E-state index in [0.717, 1.165) is 6.07 Å². The highest BCUT2D eigenvalue weighted by atomic mass is 35.5. The fourth-order valence-corrected chi connectivity index (χ4v) is 2.10. The third kappa shape index (κ3) is 4.24. The highest BCUT2D eigenvalue weighted by Crippen LogP contribution is 2.23. The fraction of sp³-hybridized carbons (Fsp3) is 0.133. The van der Waals surface area contributed by atoms with Crippen LogP contribution in [0.1, 0.15) is 22.0 Å². The molecule has 0 bridgehead atoms. The van der Waals surface area contributed by atoms with Crippen molar-refractivity contribution in [1.29, 1.82) is 0 Å². The molecule has 2 N–H and O–H groups in total. The van der Waals surface area contributed by atoms with Crippen LogP contribution in [0.25, 0.3) is 0 Å². The summed E-state index contributed by atoms with van der Waals surface area (Å²) in [5.41, 5.74) is -0.172. The molecular formula is C15H12ClFN2O4. The predicted molar refractivity (Wildman–Crippen MR) is 81.8 cm³/mol. The van der Waals surface area contributed by atoms with E-state index in [0.29, 0.717) is 5.56 Å². The van der Waals surface area contributed by atoms with E-state index in [1.54, 1.807) is 0 Å². The van der Waals surface area contributed by atoms with Crippen LogP contribution in [0.4, 0.5) is 10.1 Å². The largest absolute Gasteiger partial charge is 0.387 e. The van der Waals surface area contributed by atoms with Crippen molar-refractivity contribution in [3.05, 3.63) is 74.5 Å². The van der Waals surface area contributed by atoms with Gasteiger partial charge in [0.1, 0.15) is 11.4 Å². The van der Waals surface area contributed by atoms with Crippen molar-refractivity contribution < 1.29 is 19.2 Å². The number of hydrogen-bond acceptors (Lipinski definition) is 4. The van der Waals surface area contributed by atoms with Gasteiger partial charge in [-0.15, -0.1) is 0 Å². The molecule has 0 heterocycles. The van der Waals surface area contributed by atoms with Crippen LogP contribution in [0.3, 0.4) is 0 Å². The Morgan fingerprint density at radius 3 is 2.57 bits per heavy atom. The van der Waals surface area contributed by atoms with Crippen molar-refractivity contribution >= 4 is 23.2 Å². The number of nitrogens with one attached hydrogen (secondary N) is 1. The zero-order chi connectivity index (χ0) is 17.0. The molecule has 0 radical (unpaired) electrons. The van der Waals surface area contributed by atoms with E-state index in [1.807, 2.05) is 0 Å². The molecule has 2 aromatic carbocycles. The molecule has 6 nitrogen and oxygen atoms in total. The molecule has 1 unspecified atom stereocenters. The van der Waals surface area contributed by atoms with Gasteiger partial charge in [-0.1, -0.05) is 23.7 Å². The van der Waals surface area contributed by atoms with Gasteiger partial charge in [0.25, 0.3) is 11.6 Å². The second-order valence-corrected chi connectivity index (χ2v) is 5.13. The molecule has 0 aromatic heterocycles. The Hall–Kier alpha value is -2.51. The number of rotatable bonds is 5. The highest BCUT2D eigenvalue weighted by molar-refractivity contribution is 6.31. The summed E-state index contributed by atoms with van der Waals surface area (Å²) in [6.07, 6.45) is -1.06. The van der Waals surface area contributed by atoms with E-state index < -0.39 is 28.4 Å². The highest BCUT2D eigenvalue weighted by Gasteiger charge is 2.21. The lowest BCUT2D eigenvalue weighted by atomic mass is 10.1. The van der Waals surface area contributed by atoms with Gasteiger partial charge in [0.2, 0.25) is 0 Å². The molecule has 120 valence electrons. The Kier molecular flexibility index (Phi) is 5.25. The van der Waals surface area contributed by atoms with E-state index >= 15 is 0 Å². The van der Waals surface area contributed by atoms with Gasteiger partial charge in [-0.2, -0.15) is 0 Å². The van der Waals surface area contributed by atoms with Crippen LogP contribution in [0, 0.1) is 15.9 Å². The first-order chi connectivity index (χ1) is 10.9. The monoisotopic (exact) mass is 338 g/mol. The number of nitro groups is 1. The van der Waals surface area contributed by atoms with E-state index in [1.165, 1.54) is 36.4 Å². The van der Waals surface area contributed by atoms with Crippen LogP contribution in [0.5, 0.6) is 0 Å². The summed E-state index contributed by atoms with van der Waals surface area (Å²) in [6, 6.07) is 8.81. The van der Waals surface area contributed by atoms with Gasteiger partial charge in [0.15, 0.2) is 0 Å². The van der Waals surface area contributed by atoms with Crippen LogP contribution in [0.2, 0.25) is 5.02 Å². The normalized spacial score (nSPS) is 11.8. The van der Waals surface area contributed by atoms with Gasteiger partial charge in [-0.25, -0.2) is 4.39 Å². The topological polar surface area (TPSA) is 92.5 Å². The fourth-order valence-electron chi connectivity index (χ4n) is 1.94. The number of halogens is 2. The molecule has 23 heavy (non-hydrogen) atoms. The van der Waals surface area contributed by atoms with Gasteiger partial charge in [0, 0.05) is 17.6 Å². The number of aliphatic hydroxyl groups is 1. The van der Waals surface area contributed by atoms with Gasteiger partial charge in [-0.05, 0) is 29.8 Å². The predicted octanol–water partition coefficient (Wildman–Crippen LogP) is 2.85. The molecule has 0 fully saturated rings. The van der Waals surface area contributed by atoms with E-state index in [-0.39, 0.29) is 17.1 Å². The summed E-state index contributed by atoms with van der Waals surface area (Å²) in [4.78, 5) is 22.3. The number of carbonyl (C=O) groups excluding carboxylic acids is 1. The van der Waals surface area contributed by atoms with Gasteiger partial charge >= 0.3 is 0 Å². The van der Waals surface area contributed by atoms with Gasteiger partial charge < -0.3 is 10.4 Å². The maximum absolute atomic E-state index is 12.8. The minimum atomic E-state index is -1.06. The van der Waals surface area contributed by atoms with E-state index in [4.69, 9.17) is 11.6 Å². The zero-order valence-electron chi connectivity index (χ0n) is 11.7. The minimum absolute atomic E-state index is 0.139. The number of nitrogens with zero attached hydrogens (tertiary/aromatic N) is 1. The van der Waals surface area contributed by atoms with Crippen LogP contribution in [-0.2, 0) is 0 Å². The van der Waals surface area contributed by atoms with Gasteiger partial charge in [0.05, 0.1) is 11.0 Å². The second kappa shape index (κ2) is 7.17. The standard InChI is InChI=1S/C15H12ClFN2O4/c16-10-3-6-12(13(7-10)19(22)23)15(21)18-8-14(20)9-1-4-11(17)5-2-9/h1-7,14,20H,8H2,(H,18,21). The van der Waals surface area contributed by atoms with Crippen LogP contribution < -0.4 is 5.32 Å². The first-order valence-corrected chi connectivity index (χ1v) is 6.92. The number of amides is 1. The lowest BCUT2D eigenvalue weighted by Crippen LogP contribution is -2.28. The van der Waals surface area contributed by atoms with Crippen molar-refractivity contribution in [2.24, 2.45) is 0 Å². The number of nitro benzene ring substituents is 1. The van der Waals surface area contributed by atoms with E-state index in [9.17, 15) is 24.4 Å². The van der Waals surface area contributed by atoms with Crippen LogP contribution in [-0.4, -0.2) is 22.5 Å². The van der Waals surface area contributed by atoms with Crippen LogP contribution in [0.15, 0.2) is 42.5 Å². The first kappa shape index (κ1) is 16.9. The van der Waals surface area contributed by atoms with Crippen molar-refractivity contribution in [2.75, 3.05) is 6.54 Å². The number of benzene rings is 2. The van der Waals surface area contributed by atoms with Gasteiger partial charge in [-0.3, -0.25) is 14.9 Å². The van der Waals surface area contributed by atoms with Crippen molar-refractivity contribution in [1.82, 2.24) is 5.32 Å². The van der Waals surface area contributed by atoms with Crippen molar-refractivity contribution in [2.45, 2.75) is 6.10 Å². The molecule has 8 heteroatoms. The maximum Gasteiger partial charge on any atom is 0.283 e. The Morgan fingerprint density at radius 1 is 1.30 bits per heavy atom. The summed E-state index contributed by atoms with van der Waals surface area (Å²) >= 11 is 5.68. The van der Waals surface area contributed by atoms with E-state index in [2.05, 4.69) is 5.32 Å². The SMILES string of the molecule is O=C(NCC(O)c1ccc(F)cc1)c1ccc(Cl)cc1[N+](=O)[O-]. The molecule has 0 spiro atoms. The molecule has 2 rings (SSSR count). The maximum atomic E-state index is 12.8. The molecule has 0 aliphatic carbocycles. The smallest absolute Gasteiger partial charge is 0.283 e. The second-order valence-electron chi connectivity index (χ2n) is 4.70. The Morgan fingerprint density at radius 2 is 1.96 bits per heavy atom. The zero-order valence-corrected chi connectivity index (χ0v) is 12.5. The third-order valence-electron chi connectivity index (χ3n) is 3.11. The molecule has 2 aromatic rings. The summed E-state index contributed by atoms with van der Waals surface area (Å²) in [5, 5.41) is 23.4. The van der Waals surface area contributed by atoms with Crippen molar-refractivity contribution in [3.8, 4) is 0 Å². The third-order valence-corrected chi connectivity index (χ3v) is 3.35. The summed E-state index contributed by atoms with van der Waals surface area (Å²) in [7, 11) is 0. The molecule has 0 saturated heterocycles. The number of carbonyl (C=O) groups is 1. The number of hydrogen-bond donors (Lipinski definition) is 2. The molecule has 0 aliphatic rings. The quantitative estimate of drug-likeness (QED) is 0.647. The molecule has 1 atom stereocenters. The Balaban J connectivity index is 2.08. The molecule has 0 aliphatic heterocycles. The molecule has 0 saturated carbocycles. The Labute approximate surface area is 135 Å². The average molecular weight is 339 g/mol. The number of aliphatic hydroxyl groups excluding tert-OH is 1. The minimum Gasteiger partial charge on any atom is -0.387 e. The lowest BCUT2D eigenvalue weighted by Gasteiger charge is -2.12. The lowest BCUT2D eigenvalue weighted by molar-refractivity contribution is -0.385. The first-order valence-electron chi connectivity index (χ1n) is 6.54. The Bertz CT molecular complexity index is 737. The summed E-state index contributed by atoms with van der Waals surface area (Å²) < 4.78 is 12.8.